The Balaban J connectivity index is 1.15. The number of nitrogens with zero attached hydrogens (tertiary/aromatic N) is 2. The number of ether oxygens (including phenoxy) is 6. The van der Waals surface area contributed by atoms with Gasteiger partial charge < -0.3 is 74.4 Å². The number of methoxy groups -OCH3 is 1. The van der Waals surface area contributed by atoms with Crippen LogP contribution >= 0.6 is 0 Å². The summed E-state index contributed by atoms with van der Waals surface area (Å²) < 4.78 is 54.0. The van der Waals surface area contributed by atoms with Gasteiger partial charge >= 0.3 is 5.97 Å². The zero-order valence-electron chi connectivity index (χ0n) is 51.2. The van der Waals surface area contributed by atoms with Gasteiger partial charge in [-0.3, -0.25) is 19.3 Å². The molecule has 3 saturated heterocycles. The normalized spacial score (nSPS) is 49.1. The van der Waals surface area contributed by atoms with Crippen LogP contribution in [-0.2, 0) is 42.8 Å². The number of likely N-dealkylation sites (N-methyl/N-ethyl adjacent to an activating group) is 1. The van der Waals surface area contributed by atoms with Crippen molar-refractivity contribution < 1.29 is 82.9 Å². The van der Waals surface area contributed by atoms with Gasteiger partial charge in [-0.2, -0.15) is 0 Å². The molecule has 464 valence electrons. The Kier molecular flexibility index (Phi) is 20.1. The van der Waals surface area contributed by atoms with Crippen molar-refractivity contribution in [1.82, 2.24) is 15.1 Å². The number of carbonyl (C=O) groups is 3. The second-order valence-electron chi connectivity index (χ2n) is 27.5. The van der Waals surface area contributed by atoms with Crippen molar-refractivity contribution in [2.75, 3.05) is 40.8 Å². The first kappa shape index (κ1) is 66.0. The molecule has 4 aliphatic carbocycles. The number of carbonyl (C=O) groups excluding carboxylic acids is 3. The van der Waals surface area contributed by atoms with Gasteiger partial charge in [0, 0.05) is 74.3 Å². The topological polar surface area (TPSA) is 267 Å². The second kappa shape index (κ2) is 24.7. The van der Waals surface area contributed by atoms with Crippen LogP contribution < -0.4 is 5.32 Å². The standard InChI is InChI=1S/C61H102FN3O16/c1-17-45-60(13,73)50(69)36(7)65(22-18-21-63-53(71)47-32(3)23-39-40-26-42(62)41-25-38(66)19-20-57(41,10)59(40,12)44(67)28-56(39,47)9)30-31(2)27-61(74,75)52(81-55-48(68)43(64(14)15)24-33(4)77-55)34(5)49(35(6)54(72)79-45)80-46-29-58(11,76-16)51(70)37(8)78-46/h19-20,25,31-37,39-40,42-52,55,67-70,73-75H,17-18,21-24,26-30H2,1-16H3,(H,63,71)/t31-,32-,33-,34+,35-,36-,37-,39?,40?,42+,43-,44+,45-,46-,47-,48-,49+,50-,51-,52-,55+,56+,57+,58+,59-,60-/m1/s1. The molecule has 8 N–H and O–H groups in total. The average Bonchev–Trinajstić information content (AvgIpc) is 3.80. The van der Waals surface area contributed by atoms with Gasteiger partial charge in [0.15, 0.2) is 24.2 Å². The lowest BCUT2D eigenvalue weighted by atomic mass is 9.40. The minimum absolute atomic E-state index is 0.0159. The van der Waals surface area contributed by atoms with Crippen molar-refractivity contribution in [1.29, 1.82) is 0 Å². The molecule has 0 aromatic carbocycles. The molecule has 3 aliphatic heterocycles. The lowest BCUT2D eigenvalue weighted by molar-refractivity contribution is -0.345. The van der Waals surface area contributed by atoms with Crippen LogP contribution in [0.25, 0.3) is 0 Å². The summed E-state index contributed by atoms with van der Waals surface area (Å²) in [6, 6.07) is -1.26. The number of fused-ring (bicyclic) bond motifs is 5. The molecule has 3 heterocycles. The van der Waals surface area contributed by atoms with Gasteiger partial charge in [-0.1, -0.05) is 54.5 Å². The maximum Gasteiger partial charge on any atom is 0.311 e. The molecule has 0 aromatic heterocycles. The van der Waals surface area contributed by atoms with E-state index in [9.17, 15) is 50.1 Å². The molecule has 3 saturated carbocycles. The molecule has 26 atom stereocenters. The minimum Gasteiger partial charge on any atom is -0.459 e. The van der Waals surface area contributed by atoms with Crippen molar-refractivity contribution in [3.8, 4) is 0 Å². The average molecular weight is 1150 g/mol. The molecule has 20 heteroatoms. The number of halogens is 1. The van der Waals surface area contributed by atoms with Crippen LogP contribution in [-0.4, -0.2) is 207 Å². The van der Waals surface area contributed by atoms with Crippen molar-refractivity contribution in [3.63, 3.8) is 0 Å². The number of aliphatic hydroxyl groups is 7. The van der Waals surface area contributed by atoms with Gasteiger partial charge in [0.05, 0.1) is 35.9 Å². The lowest BCUT2D eigenvalue weighted by Gasteiger charge is -2.65. The van der Waals surface area contributed by atoms with E-state index < -0.39 is 149 Å². The largest absolute Gasteiger partial charge is 0.459 e. The number of rotatable bonds is 12. The number of allylic oxidation sites excluding steroid dienone is 4. The molecule has 7 rings (SSSR count). The van der Waals surface area contributed by atoms with E-state index in [-0.39, 0.29) is 74.8 Å². The van der Waals surface area contributed by atoms with Gasteiger partial charge in [0.2, 0.25) is 5.91 Å². The van der Waals surface area contributed by atoms with Crippen LogP contribution in [0.2, 0.25) is 0 Å². The van der Waals surface area contributed by atoms with Gasteiger partial charge in [-0.25, -0.2) is 4.39 Å². The van der Waals surface area contributed by atoms with E-state index in [0.29, 0.717) is 31.3 Å². The number of hydrogen-bond donors (Lipinski definition) is 8. The number of nitrogens with one attached hydrogen (secondary N) is 1. The second-order valence-corrected chi connectivity index (χ2v) is 27.5. The summed E-state index contributed by atoms with van der Waals surface area (Å²) in [5, 5.41) is 88.3. The summed E-state index contributed by atoms with van der Waals surface area (Å²) in [7, 11) is 5.10. The molecule has 1 amide bonds. The summed E-state index contributed by atoms with van der Waals surface area (Å²) in [5.41, 5.74) is -5.05. The Morgan fingerprint density at radius 3 is 2.19 bits per heavy atom. The van der Waals surface area contributed by atoms with E-state index in [2.05, 4.69) is 12.2 Å². The molecule has 19 nitrogen and oxygen atoms in total. The molecule has 0 aromatic rings. The van der Waals surface area contributed by atoms with Crippen LogP contribution in [0.15, 0.2) is 23.8 Å². The van der Waals surface area contributed by atoms with Crippen LogP contribution in [0, 0.1) is 57.7 Å². The molecule has 0 radical (unpaired) electrons. The van der Waals surface area contributed by atoms with Crippen molar-refractivity contribution in [3.05, 3.63) is 23.8 Å². The molecule has 81 heavy (non-hydrogen) atoms. The van der Waals surface area contributed by atoms with Crippen molar-refractivity contribution >= 4 is 17.7 Å². The fourth-order valence-electron chi connectivity index (χ4n) is 16.7. The Labute approximate surface area is 480 Å². The molecule has 0 bridgehead atoms. The zero-order chi connectivity index (χ0) is 60.4. The molecule has 7 aliphatic rings. The first-order valence-corrected chi connectivity index (χ1v) is 30.1. The Hall–Kier alpha value is -2.54. The van der Waals surface area contributed by atoms with E-state index in [1.807, 2.05) is 58.5 Å². The zero-order valence-corrected chi connectivity index (χ0v) is 51.2. The number of amides is 1. The van der Waals surface area contributed by atoms with Crippen LogP contribution in [0.1, 0.15) is 141 Å². The fraction of sp³-hybridized carbons (Fsp3) is 0.885. The monoisotopic (exact) mass is 1150 g/mol. The van der Waals surface area contributed by atoms with E-state index in [4.69, 9.17) is 28.4 Å². The van der Waals surface area contributed by atoms with E-state index in [1.54, 1.807) is 47.6 Å². The van der Waals surface area contributed by atoms with Crippen LogP contribution in [0.3, 0.4) is 0 Å². The number of alkyl halides is 1. The third-order valence-electron chi connectivity index (χ3n) is 21.7. The molecule has 6 fully saturated rings. The van der Waals surface area contributed by atoms with Gasteiger partial charge in [-0.15, -0.1) is 0 Å². The highest BCUT2D eigenvalue weighted by Crippen LogP contribution is 2.72. The maximum absolute atomic E-state index is 16.3. The van der Waals surface area contributed by atoms with Gasteiger partial charge in [0.1, 0.15) is 42.3 Å². The molecular formula is C61H102FN3O16. The SMILES string of the molecule is CC[C@H]1OC(=O)[C@H](C)[C@@H](O[C@@H]2C[C@](C)(OC)[C@H](O)[C@@H](C)O2)[C@H](C)[C@@H](O[C@@H]2O[C@H](C)C[C@@H](N(C)C)[C@H]2O)C(O)(O)C[C@@H](C)CN(CCCNC(=O)[C@H]2[C@H](C)CC3C4C[C@H](F)C5=CC(=O)C=C[C@]5(C)[C@@]4(C)[C@@H](O)C[C@@]32C)[C@H](C)[C@@H](O)[C@]1(C)O. The third-order valence-corrected chi connectivity index (χ3v) is 21.7. The molecule has 2 unspecified atom stereocenters. The number of hydrogen-bond acceptors (Lipinski definition) is 18. The van der Waals surface area contributed by atoms with E-state index in [1.165, 1.54) is 26.2 Å². The number of ketones is 1. The van der Waals surface area contributed by atoms with Gasteiger partial charge in [-0.05, 0) is 141 Å². The highest BCUT2D eigenvalue weighted by Gasteiger charge is 2.70. The Morgan fingerprint density at radius 2 is 1.56 bits per heavy atom. The quantitative estimate of drug-likeness (QED) is 0.0774. The highest BCUT2D eigenvalue weighted by atomic mass is 19.1. The predicted molar refractivity (Wildman–Crippen MR) is 298 cm³/mol. The van der Waals surface area contributed by atoms with Gasteiger partial charge in [0.25, 0.3) is 0 Å². The van der Waals surface area contributed by atoms with Crippen molar-refractivity contribution in [2.45, 2.75) is 244 Å². The summed E-state index contributed by atoms with van der Waals surface area (Å²) in [6.07, 6.45) is -7.41. The predicted octanol–water partition coefficient (Wildman–Crippen LogP) is 4.19. The first-order valence-electron chi connectivity index (χ1n) is 30.1. The summed E-state index contributed by atoms with van der Waals surface area (Å²) in [6.45, 7) is 23.8. The lowest BCUT2D eigenvalue weighted by Crippen LogP contribution is -2.64. The number of esters is 1. The first-order chi connectivity index (χ1) is 37.5. The smallest absolute Gasteiger partial charge is 0.311 e. The summed E-state index contributed by atoms with van der Waals surface area (Å²) in [4.78, 5) is 45.5. The molecular weight excluding hydrogens is 1050 g/mol. The number of aliphatic hydroxyl groups excluding tert-OH is 4. The third kappa shape index (κ3) is 12.3. The fourth-order valence-corrected chi connectivity index (χ4v) is 16.7. The van der Waals surface area contributed by atoms with Crippen LogP contribution in [0.5, 0.6) is 0 Å². The summed E-state index contributed by atoms with van der Waals surface area (Å²) >= 11 is 0. The van der Waals surface area contributed by atoms with Crippen molar-refractivity contribution in [2.24, 2.45) is 57.7 Å². The highest BCUT2D eigenvalue weighted by molar-refractivity contribution is 6.01. The van der Waals surface area contributed by atoms with E-state index >= 15 is 4.39 Å². The van der Waals surface area contributed by atoms with E-state index in [0.717, 1.165) is 0 Å². The Bertz CT molecular complexity index is 2290. The maximum atomic E-state index is 16.3. The minimum atomic E-state index is -2.71. The summed E-state index contributed by atoms with van der Waals surface area (Å²) in [5.74, 6) is -7.76. The van der Waals surface area contributed by atoms with Crippen LogP contribution in [0.4, 0.5) is 4.39 Å². The molecule has 0 spiro atoms. The Morgan fingerprint density at radius 1 is 0.889 bits per heavy atom. The number of cyclic esters (lactones) is 1.